The van der Waals surface area contributed by atoms with E-state index < -0.39 is 0 Å². The highest BCUT2D eigenvalue weighted by Gasteiger charge is 2.18. The summed E-state index contributed by atoms with van der Waals surface area (Å²) in [6.45, 7) is 4.75. The van der Waals surface area contributed by atoms with Gasteiger partial charge in [0.25, 0.3) is 0 Å². The fourth-order valence-electron chi connectivity index (χ4n) is 2.77. The summed E-state index contributed by atoms with van der Waals surface area (Å²) in [6, 6.07) is 13.7. The number of benzene rings is 2. The summed E-state index contributed by atoms with van der Waals surface area (Å²) in [5, 5.41) is 1.18. The Morgan fingerprint density at radius 1 is 1.12 bits per heavy atom. The van der Waals surface area contributed by atoms with Gasteiger partial charge in [-0.3, -0.25) is 0 Å². The minimum absolute atomic E-state index is 0.167. The molecule has 0 bridgehead atoms. The predicted octanol–water partition coefficient (Wildman–Crippen LogP) is 5.23. The molecule has 2 aromatic carbocycles. The standard InChI is InChI=1S/C19H19Cl2N3/c1-12-3-5-14(6-4-12)10-24-11-23-18(19(24)13(2)22)16-8-7-15(20)9-17(16)21/h3-9,11,13H,10,22H2,1-2H3. The van der Waals surface area contributed by atoms with Crippen LogP contribution in [0, 0.1) is 6.92 Å². The van der Waals surface area contributed by atoms with E-state index in [9.17, 15) is 0 Å². The van der Waals surface area contributed by atoms with Gasteiger partial charge in [0, 0.05) is 23.2 Å². The molecule has 1 unspecified atom stereocenters. The zero-order chi connectivity index (χ0) is 17.3. The molecule has 0 fully saturated rings. The van der Waals surface area contributed by atoms with E-state index in [0.717, 1.165) is 23.5 Å². The number of aromatic nitrogens is 2. The molecule has 0 radical (unpaired) electrons. The Balaban J connectivity index is 2.03. The largest absolute Gasteiger partial charge is 0.328 e. The number of nitrogens with zero attached hydrogens (tertiary/aromatic N) is 2. The predicted molar refractivity (Wildman–Crippen MR) is 101 cm³/mol. The Hall–Kier alpha value is -1.81. The summed E-state index contributed by atoms with van der Waals surface area (Å²) < 4.78 is 2.08. The quantitative estimate of drug-likeness (QED) is 0.692. The molecule has 2 N–H and O–H groups in total. The first-order valence-corrected chi connectivity index (χ1v) is 8.53. The van der Waals surface area contributed by atoms with Crippen molar-refractivity contribution < 1.29 is 0 Å². The molecule has 0 spiro atoms. The lowest BCUT2D eigenvalue weighted by Gasteiger charge is -2.14. The van der Waals surface area contributed by atoms with Crippen molar-refractivity contribution in [3.63, 3.8) is 0 Å². The first-order chi connectivity index (χ1) is 11.5. The van der Waals surface area contributed by atoms with Crippen LogP contribution in [0.5, 0.6) is 0 Å². The molecule has 0 saturated carbocycles. The lowest BCUT2D eigenvalue weighted by molar-refractivity contribution is 0.676. The Labute approximate surface area is 152 Å². The molecule has 0 aliphatic rings. The molecule has 124 valence electrons. The Morgan fingerprint density at radius 3 is 2.46 bits per heavy atom. The van der Waals surface area contributed by atoms with Crippen LogP contribution in [0.2, 0.25) is 10.0 Å². The van der Waals surface area contributed by atoms with Crippen LogP contribution < -0.4 is 5.73 Å². The van der Waals surface area contributed by atoms with E-state index in [2.05, 4.69) is 40.7 Å². The molecular formula is C19H19Cl2N3. The molecule has 1 aromatic heterocycles. The average molecular weight is 360 g/mol. The normalized spacial score (nSPS) is 12.4. The number of halogens is 2. The summed E-state index contributed by atoms with van der Waals surface area (Å²) in [4.78, 5) is 4.57. The summed E-state index contributed by atoms with van der Waals surface area (Å²) in [6.07, 6.45) is 1.82. The van der Waals surface area contributed by atoms with Gasteiger partial charge >= 0.3 is 0 Å². The molecule has 0 amide bonds. The van der Waals surface area contributed by atoms with E-state index in [1.807, 2.05) is 25.4 Å². The Kier molecular flexibility index (Phi) is 4.95. The minimum atomic E-state index is -0.167. The Bertz CT molecular complexity index is 852. The third-order valence-corrected chi connectivity index (χ3v) is 4.52. The van der Waals surface area contributed by atoms with Gasteiger partial charge in [0.15, 0.2) is 0 Å². The molecule has 3 nitrogen and oxygen atoms in total. The monoisotopic (exact) mass is 359 g/mol. The van der Waals surface area contributed by atoms with Gasteiger partial charge in [-0.15, -0.1) is 0 Å². The molecule has 0 aliphatic carbocycles. The molecule has 0 aliphatic heterocycles. The van der Waals surface area contributed by atoms with Crippen molar-refractivity contribution in [2.24, 2.45) is 5.73 Å². The van der Waals surface area contributed by atoms with E-state index in [1.165, 1.54) is 11.1 Å². The zero-order valence-electron chi connectivity index (χ0n) is 13.6. The molecule has 5 heteroatoms. The number of aryl methyl sites for hydroxylation is 1. The van der Waals surface area contributed by atoms with Crippen LogP contribution in [-0.4, -0.2) is 9.55 Å². The van der Waals surface area contributed by atoms with Crippen LogP contribution in [0.15, 0.2) is 48.8 Å². The maximum absolute atomic E-state index is 6.35. The molecule has 3 rings (SSSR count). The third kappa shape index (κ3) is 3.48. The van der Waals surface area contributed by atoms with Gasteiger partial charge in [0.1, 0.15) is 0 Å². The van der Waals surface area contributed by atoms with Gasteiger partial charge in [-0.2, -0.15) is 0 Å². The molecule has 0 saturated heterocycles. The highest BCUT2D eigenvalue weighted by molar-refractivity contribution is 6.36. The zero-order valence-corrected chi connectivity index (χ0v) is 15.1. The first-order valence-electron chi connectivity index (χ1n) is 7.77. The van der Waals surface area contributed by atoms with Crippen LogP contribution in [-0.2, 0) is 6.54 Å². The van der Waals surface area contributed by atoms with Crippen molar-refractivity contribution in [2.75, 3.05) is 0 Å². The van der Waals surface area contributed by atoms with Crippen LogP contribution >= 0.6 is 23.2 Å². The van der Waals surface area contributed by atoms with Crippen molar-refractivity contribution in [1.82, 2.24) is 9.55 Å². The fourth-order valence-corrected chi connectivity index (χ4v) is 3.27. The average Bonchev–Trinajstić information content (AvgIpc) is 2.93. The van der Waals surface area contributed by atoms with Crippen LogP contribution in [0.4, 0.5) is 0 Å². The Morgan fingerprint density at radius 2 is 1.83 bits per heavy atom. The van der Waals surface area contributed by atoms with E-state index in [1.54, 1.807) is 6.07 Å². The first kappa shape index (κ1) is 17.0. The van der Waals surface area contributed by atoms with E-state index in [0.29, 0.717) is 10.0 Å². The summed E-state index contributed by atoms with van der Waals surface area (Å²) in [7, 11) is 0. The van der Waals surface area contributed by atoms with E-state index >= 15 is 0 Å². The number of hydrogen-bond donors (Lipinski definition) is 1. The number of rotatable bonds is 4. The number of nitrogens with two attached hydrogens (primary N) is 1. The molecule has 1 atom stereocenters. The van der Waals surface area contributed by atoms with Crippen molar-refractivity contribution >= 4 is 23.2 Å². The molecular weight excluding hydrogens is 341 g/mol. The van der Waals surface area contributed by atoms with Gasteiger partial charge in [0.2, 0.25) is 0 Å². The second-order valence-corrected chi connectivity index (χ2v) is 6.85. The second-order valence-electron chi connectivity index (χ2n) is 6.00. The highest BCUT2D eigenvalue weighted by Crippen LogP contribution is 2.33. The van der Waals surface area contributed by atoms with Gasteiger partial charge < -0.3 is 10.3 Å². The molecule has 3 aromatic rings. The second kappa shape index (κ2) is 6.98. The van der Waals surface area contributed by atoms with Crippen molar-refractivity contribution in [2.45, 2.75) is 26.4 Å². The maximum atomic E-state index is 6.35. The van der Waals surface area contributed by atoms with Gasteiger partial charge in [-0.25, -0.2) is 4.98 Å². The van der Waals surface area contributed by atoms with Crippen molar-refractivity contribution in [1.29, 1.82) is 0 Å². The van der Waals surface area contributed by atoms with Crippen LogP contribution in [0.3, 0.4) is 0 Å². The topological polar surface area (TPSA) is 43.8 Å². The molecule has 1 heterocycles. The van der Waals surface area contributed by atoms with E-state index in [-0.39, 0.29) is 6.04 Å². The van der Waals surface area contributed by atoms with E-state index in [4.69, 9.17) is 28.9 Å². The lowest BCUT2D eigenvalue weighted by atomic mass is 10.1. The maximum Gasteiger partial charge on any atom is 0.0959 e. The molecule has 24 heavy (non-hydrogen) atoms. The summed E-state index contributed by atoms with van der Waals surface area (Å²) >= 11 is 12.4. The number of hydrogen-bond acceptors (Lipinski definition) is 2. The SMILES string of the molecule is Cc1ccc(Cn2cnc(-c3ccc(Cl)cc3Cl)c2C(C)N)cc1. The summed E-state index contributed by atoms with van der Waals surface area (Å²) in [5.41, 5.74) is 11.3. The lowest BCUT2D eigenvalue weighted by Crippen LogP contribution is -2.13. The van der Waals surface area contributed by atoms with Gasteiger partial charge in [0.05, 0.1) is 22.7 Å². The van der Waals surface area contributed by atoms with Crippen molar-refractivity contribution in [3.05, 3.63) is 75.7 Å². The number of imidazole rings is 1. The summed E-state index contributed by atoms with van der Waals surface area (Å²) in [5.74, 6) is 0. The highest BCUT2D eigenvalue weighted by atomic mass is 35.5. The fraction of sp³-hybridized carbons (Fsp3) is 0.211. The minimum Gasteiger partial charge on any atom is -0.328 e. The van der Waals surface area contributed by atoms with Crippen molar-refractivity contribution in [3.8, 4) is 11.3 Å². The van der Waals surface area contributed by atoms with Crippen LogP contribution in [0.1, 0.15) is 29.8 Å². The van der Waals surface area contributed by atoms with Gasteiger partial charge in [-0.1, -0.05) is 53.0 Å². The van der Waals surface area contributed by atoms with Gasteiger partial charge in [-0.05, 0) is 37.6 Å². The smallest absolute Gasteiger partial charge is 0.0959 e. The third-order valence-electron chi connectivity index (χ3n) is 3.97. The van der Waals surface area contributed by atoms with Crippen LogP contribution in [0.25, 0.3) is 11.3 Å².